The highest BCUT2D eigenvalue weighted by atomic mass is 32.1. The highest BCUT2D eigenvalue weighted by molar-refractivity contribution is 7.26. The normalized spacial score (nSPS) is 12.2. The zero-order chi connectivity index (χ0) is 37.2. The van der Waals surface area contributed by atoms with Gasteiger partial charge in [-0.1, -0.05) is 121 Å². The second-order valence-electron chi connectivity index (χ2n) is 14.9. The Labute approximate surface area is 329 Å². The van der Waals surface area contributed by atoms with Crippen LogP contribution in [0.5, 0.6) is 0 Å². The lowest BCUT2D eigenvalue weighted by Gasteiger charge is -2.11. The highest BCUT2D eigenvalue weighted by Gasteiger charge is 2.22. The smallest absolute Gasteiger partial charge is 0.161 e. The third kappa shape index (κ3) is 4.49. The second kappa shape index (κ2) is 11.6. The first-order valence-corrected chi connectivity index (χ1v) is 20.0. The number of hydrogen-bond acceptors (Lipinski definition) is 4. The maximum Gasteiger partial charge on any atom is 0.161 e. The van der Waals surface area contributed by atoms with E-state index in [9.17, 15) is 0 Å². The summed E-state index contributed by atoms with van der Waals surface area (Å²) >= 11 is 1.76. The van der Waals surface area contributed by atoms with Crippen molar-refractivity contribution in [3.63, 3.8) is 0 Å². The van der Waals surface area contributed by atoms with Gasteiger partial charge in [0.25, 0.3) is 0 Å². The predicted octanol–water partition coefficient (Wildman–Crippen LogP) is 14.6. The highest BCUT2D eigenvalue weighted by Crippen LogP contribution is 2.44. The number of hydrogen-bond donors (Lipinski definition) is 0. The van der Waals surface area contributed by atoms with Gasteiger partial charge < -0.3 is 8.98 Å². The summed E-state index contributed by atoms with van der Waals surface area (Å²) in [5.41, 5.74) is 9.14. The molecule has 0 unspecified atom stereocenters. The van der Waals surface area contributed by atoms with Gasteiger partial charge in [-0.15, -0.1) is 11.3 Å². The number of rotatable bonds is 3. The molecule has 0 spiro atoms. The Kier molecular flexibility index (Phi) is 6.29. The average Bonchev–Trinajstić information content (AvgIpc) is 3.94. The van der Waals surface area contributed by atoms with E-state index in [4.69, 9.17) is 14.4 Å². The molecule has 0 saturated carbocycles. The molecule has 0 amide bonds. The fourth-order valence-electron chi connectivity index (χ4n) is 9.09. The Balaban J connectivity index is 1.09. The topological polar surface area (TPSA) is 43.9 Å². The van der Waals surface area contributed by atoms with Crippen LogP contribution in [0.15, 0.2) is 180 Å². The van der Waals surface area contributed by atoms with E-state index in [1.54, 1.807) is 11.3 Å². The van der Waals surface area contributed by atoms with E-state index in [1.165, 1.54) is 48.1 Å². The van der Waals surface area contributed by atoms with Gasteiger partial charge in [-0.05, 0) is 81.5 Å². The summed E-state index contributed by atoms with van der Waals surface area (Å²) in [4.78, 5) is 10.9. The molecule has 0 N–H and O–H groups in total. The molecule has 0 aliphatic rings. The average molecular weight is 744 g/mol. The predicted molar refractivity (Wildman–Crippen MR) is 240 cm³/mol. The van der Waals surface area contributed by atoms with Crippen LogP contribution in [0, 0.1) is 0 Å². The Morgan fingerprint density at radius 3 is 2.02 bits per heavy atom. The number of furan rings is 1. The summed E-state index contributed by atoms with van der Waals surface area (Å²) in [6.07, 6.45) is 0. The molecule has 0 bridgehead atoms. The minimum atomic E-state index is 0.701. The molecule has 0 saturated heterocycles. The molecule has 4 nitrogen and oxygen atoms in total. The van der Waals surface area contributed by atoms with Gasteiger partial charge in [0.15, 0.2) is 5.82 Å². The molecule has 9 aromatic carbocycles. The zero-order valence-corrected chi connectivity index (χ0v) is 31.2. The van der Waals surface area contributed by atoms with E-state index in [2.05, 4.69) is 180 Å². The number of aromatic nitrogens is 3. The van der Waals surface area contributed by atoms with Crippen molar-refractivity contribution in [1.29, 1.82) is 0 Å². The SMILES string of the molecule is c1ccc2cc(-c3nc(-c4cc5c6cc(-n7c8ccccc8c8cc9ccccc9cc87)ccc6oc5c5ccccc45)nc4c3sc3ccccc34)ccc2c1. The van der Waals surface area contributed by atoms with Crippen molar-refractivity contribution in [1.82, 2.24) is 14.5 Å². The van der Waals surface area contributed by atoms with Crippen LogP contribution in [0.3, 0.4) is 0 Å². The van der Waals surface area contributed by atoms with Crippen LogP contribution >= 0.6 is 11.3 Å². The molecule has 0 aliphatic carbocycles. The molecule has 0 fully saturated rings. The van der Waals surface area contributed by atoms with Gasteiger partial charge in [0.05, 0.1) is 26.9 Å². The Bertz CT molecular complexity index is 3830. The summed E-state index contributed by atoms with van der Waals surface area (Å²) in [5.74, 6) is 0.701. The lowest BCUT2D eigenvalue weighted by molar-refractivity contribution is 0.672. The molecule has 0 atom stereocenters. The molecule has 4 aromatic heterocycles. The summed E-state index contributed by atoms with van der Waals surface area (Å²) in [5, 5.41) is 12.7. The minimum absolute atomic E-state index is 0.701. The van der Waals surface area contributed by atoms with Crippen LogP contribution in [0.2, 0.25) is 0 Å². The molecule has 57 heavy (non-hydrogen) atoms. The quantitative estimate of drug-likeness (QED) is 0.181. The van der Waals surface area contributed by atoms with E-state index in [0.717, 1.165) is 70.8 Å². The van der Waals surface area contributed by atoms with Crippen molar-refractivity contribution in [3.05, 3.63) is 176 Å². The molecule has 264 valence electrons. The molecule has 5 heteroatoms. The van der Waals surface area contributed by atoms with Crippen LogP contribution in [0.1, 0.15) is 0 Å². The van der Waals surface area contributed by atoms with Crippen molar-refractivity contribution in [3.8, 4) is 28.3 Å². The first-order valence-electron chi connectivity index (χ1n) is 19.2. The lowest BCUT2D eigenvalue weighted by atomic mass is 9.99. The molecule has 13 rings (SSSR count). The van der Waals surface area contributed by atoms with E-state index in [-0.39, 0.29) is 0 Å². The Morgan fingerprint density at radius 1 is 0.456 bits per heavy atom. The summed E-state index contributed by atoms with van der Waals surface area (Å²) in [7, 11) is 0. The van der Waals surface area contributed by atoms with Crippen molar-refractivity contribution in [2.75, 3.05) is 0 Å². The molecule has 0 radical (unpaired) electrons. The molecule has 13 aromatic rings. The molecule has 0 aliphatic heterocycles. The van der Waals surface area contributed by atoms with E-state index in [1.807, 2.05) is 0 Å². The standard InChI is InChI=1S/C52H29N3OS/c1-2-12-31-25-34(22-21-30(31)11-1)48-51-49(39-18-8-10-20-47(39)57-51)54-52(53-48)43-29-42-41-28-35(23-24-46(41)56-50(42)38-17-6-5-15-36(38)43)55-44-19-9-7-16-37(44)40-26-32-13-3-4-14-33(32)27-45(40)55/h1-29H. The van der Waals surface area contributed by atoms with Crippen molar-refractivity contribution in [2.24, 2.45) is 0 Å². The third-order valence-corrected chi connectivity index (χ3v) is 12.9. The number of benzene rings is 9. The van der Waals surface area contributed by atoms with Crippen LogP contribution < -0.4 is 0 Å². The molecule has 4 heterocycles. The largest absolute Gasteiger partial charge is 0.455 e. The third-order valence-electron chi connectivity index (χ3n) is 11.7. The lowest BCUT2D eigenvalue weighted by Crippen LogP contribution is -1.95. The van der Waals surface area contributed by atoms with Crippen molar-refractivity contribution < 1.29 is 4.42 Å². The fraction of sp³-hybridized carbons (Fsp3) is 0. The van der Waals surface area contributed by atoms with Crippen LogP contribution in [0.4, 0.5) is 0 Å². The summed E-state index contributed by atoms with van der Waals surface area (Å²) in [6.45, 7) is 0. The second-order valence-corrected chi connectivity index (χ2v) is 16.0. The fourth-order valence-corrected chi connectivity index (χ4v) is 10.2. The van der Waals surface area contributed by atoms with Gasteiger partial charge in [0.2, 0.25) is 0 Å². The van der Waals surface area contributed by atoms with E-state index in [0.29, 0.717) is 5.82 Å². The minimum Gasteiger partial charge on any atom is -0.455 e. The summed E-state index contributed by atoms with van der Waals surface area (Å²) < 4.78 is 11.5. The first kappa shape index (κ1) is 30.9. The maximum atomic E-state index is 6.76. The Hall–Kier alpha value is -7.34. The van der Waals surface area contributed by atoms with Crippen LogP contribution in [0.25, 0.3) is 125 Å². The first-order chi connectivity index (χ1) is 28.2. The van der Waals surface area contributed by atoms with Gasteiger partial charge in [-0.2, -0.15) is 0 Å². The summed E-state index contributed by atoms with van der Waals surface area (Å²) in [6, 6.07) is 63.0. The van der Waals surface area contributed by atoms with Gasteiger partial charge in [0, 0.05) is 53.8 Å². The van der Waals surface area contributed by atoms with Crippen molar-refractivity contribution >= 4 is 108 Å². The Morgan fingerprint density at radius 2 is 1.16 bits per heavy atom. The maximum absolute atomic E-state index is 6.76. The number of para-hydroxylation sites is 1. The number of fused-ring (bicyclic) bond motifs is 13. The van der Waals surface area contributed by atoms with Gasteiger partial charge >= 0.3 is 0 Å². The number of nitrogens with zero attached hydrogens (tertiary/aromatic N) is 3. The van der Waals surface area contributed by atoms with Gasteiger partial charge in [0.1, 0.15) is 11.2 Å². The molecular weight excluding hydrogens is 715 g/mol. The van der Waals surface area contributed by atoms with E-state index < -0.39 is 0 Å². The monoisotopic (exact) mass is 743 g/mol. The van der Waals surface area contributed by atoms with E-state index >= 15 is 0 Å². The van der Waals surface area contributed by atoms with Gasteiger partial charge in [-0.3, -0.25) is 0 Å². The van der Waals surface area contributed by atoms with Gasteiger partial charge in [-0.25, -0.2) is 9.97 Å². The molecular formula is C52H29N3OS. The van der Waals surface area contributed by atoms with Crippen LogP contribution in [-0.4, -0.2) is 14.5 Å². The zero-order valence-electron chi connectivity index (χ0n) is 30.4. The number of thiophene rings is 1. The van der Waals surface area contributed by atoms with Crippen molar-refractivity contribution in [2.45, 2.75) is 0 Å². The van der Waals surface area contributed by atoms with Crippen LogP contribution in [-0.2, 0) is 0 Å².